The molecule has 2 rings (SSSR count). The number of fused-ring (bicyclic) bond motifs is 1. The number of carbonyl (C=O) groups is 4. The fourth-order valence-electron chi connectivity index (χ4n) is 3.57. The topological polar surface area (TPSA) is 166 Å². The Labute approximate surface area is 209 Å². The van der Waals surface area contributed by atoms with Gasteiger partial charge < -0.3 is 31.8 Å². The van der Waals surface area contributed by atoms with Gasteiger partial charge in [-0.2, -0.15) is 11.8 Å². The molecule has 0 saturated heterocycles. The number of amides is 3. The molecule has 0 aliphatic carbocycles. The molecule has 0 aliphatic heterocycles. The van der Waals surface area contributed by atoms with E-state index in [0.29, 0.717) is 12.2 Å². The zero-order valence-corrected chi connectivity index (χ0v) is 21.3. The molecule has 0 spiro atoms. The van der Waals surface area contributed by atoms with Crippen molar-refractivity contribution in [1.82, 2.24) is 20.9 Å². The fraction of sp³-hybridized carbons (Fsp3) is 0.500. The third kappa shape index (κ3) is 8.00. The van der Waals surface area contributed by atoms with Gasteiger partial charge in [-0.15, -0.1) is 0 Å². The van der Waals surface area contributed by atoms with Crippen molar-refractivity contribution in [3.05, 3.63) is 36.0 Å². The molecule has 4 atom stereocenters. The number of carbonyl (C=O) groups excluding carboxylic acids is 3. The van der Waals surface area contributed by atoms with Crippen LogP contribution in [0.2, 0.25) is 0 Å². The average Bonchev–Trinajstić information content (AvgIpc) is 3.22. The second-order valence-electron chi connectivity index (χ2n) is 8.81. The highest BCUT2D eigenvalue weighted by atomic mass is 32.2. The number of nitrogens with one attached hydrogen (secondary N) is 4. The summed E-state index contributed by atoms with van der Waals surface area (Å²) in [7, 11) is 0. The molecule has 0 saturated carbocycles. The highest BCUT2D eigenvalue weighted by molar-refractivity contribution is 7.98. The third-order valence-electron chi connectivity index (χ3n) is 5.67. The van der Waals surface area contributed by atoms with Gasteiger partial charge in [0, 0.05) is 17.1 Å². The predicted octanol–water partition coefficient (Wildman–Crippen LogP) is 1.01. The summed E-state index contributed by atoms with van der Waals surface area (Å²) in [5.41, 5.74) is 8.02. The SMILES string of the molecule is CSCCC(NC(=O)C(N)Cc1c[nH]c2ccccc12)C(=O)NC(C(=O)NC(C)C(=O)O)C(C)C. The minimum Gasteiger partial charge on any atom is -0.480 e. The number of H-pyrrole nitrogens is 1. The van der Waals surface area contributed by atoms with Crippen LogP contribution in [0.4, 0.5) is 0 Å². The van der Waals surface area contributed by atoms with Crippen LogP contribution in [-0.2, 0) is 25.6 Å². The van der Waals surface area contributed by atoms with Gasteiger partial charge in [0.15, 0.2) is 0 Å². The first-order valence-corrected chi connectivity index (χ1v) is 12.9. The van der Waals surface area contributed by atoms with Crippen molar-refractivity contribution in [2.24, 2.45) is 11.7 Å². The van der Waals surface area contributed by atoms with Crippen LogP contribution in [-0.4, -0.2) is 70.0 Å². The number of carboxylic acid groups (broad SMARTS) is 1. The molecule has 1 heterocycles. The minimum absolute atomic E-state index is 0.289. The number of aliphatic carboxylic acids is 1. The first-order chi connectivity index (χ1) is 16.5. The Balaban J connectivity index is 2.08. The molecule has 0 bridgehead atoms. The number of carboxylic acids is 1. The van der Waals surface area contributed by atoms with Crippen LogP contribution in [0.3, 0.4) is 0 Å². The molecule has 0 aliphatic rings. The Bertz CT molecular complexity index is 1040. The molecule has 11 heteroatoms. The number of aromatic amines is 1. The van der Waals surface area contributed by atoms with Crippen molar-refractivity contribution in [2.75, 3.05) is 12.0 Å². The highest BCUT2D eigenvalue weighted by Gasteiger charge is 2.31. The molecular formula is C24H35N5O5S. The molecule has 4 unspecified atom stereocenters. The molecule has 3 amide bonds. The quantitative estimate of drug-likeness (QED) is 0.236. The summed E-state index contributed by atoms with van der Waals surface area (Å²) in [6.07, 6.45) is 4.34. The van der Waals surface area contributed by atoms with Crippen LogP contribution >= 0.6 is 11.8 Å². The largest absolute Gasteiger partial charge is 0.480 e. The van der Waals surface area contributed by atoms with E-state index in [2.05, 4.69) is 20.9 Å². The molecule has 1 aromatic heterocycles. The molecule has 0 fully saturated rings. The second kappa shape index (κ2) is 13.1. The van der Waals surface area contributed by atoms with E-state index in [-0.39, 0.29) is 12.3 Å². The van der Waals surface area contributed by atoms with Crippen molar-refractivity contribution in [1.29, 1.82) is 0 Å². The van der Waals surface area contributed by atoms with Gasteiger partial charge in [0.05, 0.1) is 6.04 Å². The maximum atomic E-state index is 13.1. The van der Waals surface area contributed by atoms with Crippen molar-refractivity contribution in [3.8, 4) is 0 Å². The van der Waals surface area contributed by atoms with Crippen molar-refractivity contribution in [3.63, 3.8) is 0 Å². The molecule has 1 aromatic carbocycles. The minimum atomic E-state index is -1.18. The molecular weight excluding hydrogens is 470 g/mol. The molecule has 35 heavy (non-hydrogen) atoms. The number of thioether (sulfide) groups is 1. The Hall–Kier alpha value is -3.05. The van der Waals surface area contributed by atoms with Crippen molar-refractivity contribution < 1.29 is 24.3 Å². The summed E-state index contributed by atoms with van der Waals surface area (Å²) in [5.74, 6) is -2.48. The standard InChI is InChI=1S/C24H35N5O5S/c1-13(2)20(23(32)27-14(3)24(33)34)29-22(31)19(9-10-35-4)28-21(30)17(25)11-15-12-26-18-8-6-5-7-16(15)18/h5-8,12-14,17,19-20,26H,9-11,25H2,1-4H3,(H,27,32)(H,28,30)(H,29,31)(H,33,34). The van der Waals surface area contributed by atoms with Gasteiger partial charge in [-0.05, 0) is 49.3 Å². The monoisotopic (exact) mass is 505 g/mol. The van der Waals surface area contributed by atoms with E-state index < -0.39 is 47.9 Å². The number of aromatic nitrogens is 1. The Morgan fingerprint density at radius 2 is 1.71 bits per heavy atom. The highest BCUT2D eigenvalue weighted by Crippen LogP contribution is 2.19. The zero-order chi connectivity index (χ0) is 26.1. The van der Waals surface area contributed by atoms with Gasteiger partial charge in [0.2, 0.25) is 17.7 Å². The normalized spacial score (nSPS) is 14.7. The summed E-state index contributed by atoms with van der Waals surface area (Å²) < 4.78 is 0. The first kappa shape index (κ1) is 28.2. The number of para-hydroxylation sites is 1. The first-order valence-electron chi connectivity index (χ1n) is 11.5. The van der Waals surface area contributed by atoms with Crippen molar-refractivity contribution in [2.45, 2.75) is 57.8 Å². The summed E-state index contributed by atoms with van der Waals surface area (Å²) in [4.78, 5) is 52.8. The number of benzene rings is 1. The van der Waals surface area contributed by atoms with Crippen LogP contribution in [0.15, 0.2) is 30.5 Å². The van der Waals surface area contributed by atoms with Crippen LogP contribution in [0.25, 0.3) is 10.9 Å². The molecule has 2 aromatic rings. The van der Waals surface area contributed by atoms with Gasteiger partial charge in [-0.1, -0.05) is 32.0 Å². The van der Waals surface area contributed by atoms with Crippen LogP contribution in [0.1, 0.15) is 32.8 Å². The number of hydrogen-bond acceptors (Lipinski definition) is 6. The van der Waals surface area contributed by atoms with E-state index in [1.54, 1.807) is 13.8 Å². The Morgan fingerprint density at radius 3 is 2.34 bits per heavy atom. The van der Waals surface area contributed by atoms with Gasteiger partial charge in [-0.25, -0.2) is 0 Å². The number of nitrogens with two attached hydrogens (primary N) is 1. The number of rotatable bonds is 13. The molecule has 192 valence electrons. The maximum Gasteiger partial charge on any atom is 0.325 e. The lowest BCUT2D eigenvalue weighted by Gasteiger charge is -2.26. The average molecular weight is 506 g/mol. The van der Waals surface area contributed by atoms with Gasteiger partial charge in [-0.3, -0.25) is 19.2 Å². The second-order valence-corrected chi connectivity index (χ2v) is 9.80. The summed E-state index contributed by atoms with van der Waals surface area (Å²) in [6.45, 7) is 4.82. The molecule has 10 nitrogen and oxygen atoms in total. The van der Waals surface area contributed by atoms with Gasteiger partial charge in [0.1, 0.15) is 18.1 Å². The lowest BCUT2D eigenvalue weighted by atomic mass is 10.0. The van der Waals surface area contributed by atoms with E-state index in [1.807, 2.05) is 36.7 Å². The summed E-state index contributed by atoms with van der Waals surface area (Å²) in [5, 5.41) is 17.8. The number of hydrogen-bond donors (Lipinski definition) is 6. The van der Waals surface area contributed by atoms with Gasteiger partial charge >= 0.3 is 5.97 Å². The van der Waals surface area contributed by atoms with Crippen molar-refractivity contribution >= 4 is 46.4 Å². The van der Waals surface area contributed by atoms with E-state index in [4.69, 9.17) is 10.8 Å². The summed E-state index contributed by atoms with van der Waals surface area (Å²) in [6, 6.07) is 3.88. The lowest BCUT2D eigenvalue weighted by molar-refractivity contribution is -0.142. The van der Waals surface area contributed by atoms with Crippen LogP contribution in [0, 0.1) is 5.92 Å². The zero-order valence-electron chi connectivity index (χ0n) is 20.5. The van der Waals surface area contributed by atoms with Gasteiger partial charge in [0.25, 0.3) is 0 Å². The van der Waals surface area contributed by atoms with E-state index in [1.165, 1.54) is 18.7 Å². The Kier molecular flexibility index (Phi) is 10.6. The third-order valence-corrected chi connectivity index (χ3v) is 6.32. The lowest BCUT2D eigenvalue weighted by Crippen LogP contribution is -2.58. The van der Waals surface area contributed by atoms with E-state index in [9.17, 15) is 19.2 Å². The summed E-state index contributed by atoms with van der Waals surface area (Å²) >= 11 is 1.52. The molecule has 7 N–H and O–H groups in total. The van der Waals surface area contributed by atoms with Crippen LogP contribution < -0.4 is 21.7 Å². The molecule has 0 radical (unpaired) electrons. The predicted molar refractivity (Wildman–Crippen MR) is 137 cm³/mol. The van der Waals surface area contributed by atoms with Crippen LogP contribution in [0.5, 0.6) is 0 Å². The van der Waals surface area contributed by atoms with E-state index in [0.717, 1.165) is 16.5 Å². The van der Waals surface area contributed by atoms with E-state index >= 15 is 0 Å². The maximum absolute atomic E-state index is 13.1. The fourth-order valence-corrected chi connectivity index (χ4v) is 4.04. The smallest absolute Gasteiger partial charge is 0.325 e. The Morgan fingerprint density at radius 1 is 1.03 bits per heavy atom.